The number of fused-ring (bicyclic) bond motifs is 1. The summed E-state index contributed by atoms with van der Waals surface area (Å²) in [5.74, 6) is 2.35. The van der Waals surface area contributed by atoms with Crippen LogP contribution in [0.25, 0.3) is 0 Å². The van der Waals surface area contributed by atoms with Crippen LogP contribution in [0.1, 0.15) is 43.9 Å². The van der Waals surface area contributed by atoms with E-state index in [4.69, 9.17) is 0 Å². The van der Waals surface area contributed by atoms with Gasteiger partial charge in [-0.2, -0.15) is 11.8 Å². The molecule has 0 aliphatic heterocycles. The summed E-state index contributed by atoms with van der Waals surface area (Å²) in [6.45, 7) is 2.25. The van der Waals surface area contributed by atoms with E-state index in [0.29, 0.717) is 6.04 Å². The minimum absolute atomic E-state index is 0.619. The van der Waals surface area contributed by atoms with Gasteiger partial charge in [-0.3, -0.25) is 0 Å². The monoisotopic (exact) mass is 263 g/mol. The van der Waals surface area contributed by atoms with E-state index in [1.807, 2.05) is 0 Å². The van der Waals surface area contributed by atoms with Crippen molar-refractivity contribution in [2.75, 3.05) is 11.1 Å². The number of aryl methyl sites for hydroxylation is 1. The maximum atomic E-state index is 4.46. The van der Waals surface area contributed by atoms with Crippen LogP contribution >= 0.6 is 11.8 Å². The van der Waals surface area contributed by atoms with Gasteiger partial charge in [0.05, 0.1) is 0 Å². The molecule has 0 saturated heterocycles. The third-order valence-corrected chi connectivity index (χ3v) is 5.24. The molecule has 4 heteroatoms. The summed E-state index contributed by atoms with van der Waals surface area (Å²) >= 11 is 2.11. The van der Waals surface area contributed by atoms with Gasteiger partial charge in [0.2, 0.25) is 0 Å². The zero-order chi connectivity index (χ0) is 12.4. The van der Waals surface area contributed by atoms with Gasteiger partial charge in [-0.1, -0.05) is 6.92 Å². The van der Waals surface area contributed by atoms with Crippen LogP contribution in [0.2, 0.25) is 0 Å². The summed E-state index contributed by atoms with van der Waals surface area (Å²) in [4.78, 5) is 8.84. The van der Waals surface area contributed by atoms with Crippen LogP contribution in [0.4, 0.5) is 5.82 Å². The summed E-state index contributed by atoms with van der Waals surface area (Å²) in [6, 6.07) is 0.619. The Hall–Kier alpha value is -0.770. The van der Waals surface area contributed by atoms with Gasteiger partial charge in [0.15, 0.2) is 0 Å². The number of nitrogens with one attached hydrogen (secondary N) is 1. The molecule has 1 N–H and O–H groups in total. The Labute approximate surface area is 113 Å². The van der Waals surface area contributed by atoms with Gasteiger partial charge in [0.1, 0.15) is 12.1 Å². The molecule has 2 unspecified atom stereocenters. The van der Waals surface area contributed by atoms with Gasteiger partial charge in [-0.25, -0.2) is 9.97 Å². The average Bonchev–Trinajstić information content (AvgIpc) is 2.99. The number of anilines is 1. The van der Waals surface area contributed by atoms with Gasteiger partial charge >= 0.3 is 0 Å². The average molecular weight is 263 g/mol. The molecule has 1 saturated carbocycles. The summed E-state index contributed by atoms with van der Waals surface area (Å²) < 4.78 is 0. The molecule has 3 nitrogen and oxygen atoms in total. The number of thioether (sulfide) groups is 1. The minimum Gasteiger partial charge on any atom is -0.367 e. The zero-order valence-corrected chi connectivity index (χ0v) is 11.8. The maximum absolute atomic E-state index is 4.46. The predicted octanol–water partition coefficient (Wildman–Crippen LogP) is 3.05. The second-order valence-electron chi connectivity index (χ2n) is 5.23. The first-order chi connectivity index (χ1) is 8.86. The lowest BCUT2D eigenvalue weighted by Gasteiger charge is -2.16. The van der Waals surface area contributed by atoms with Crippen molar-refractivity contribution in [2.24, 2.45) is 0 Å². The first-order valence-corrected chi connectivity index (χ1v) is 8.12. The fourth-order valence-electron chi connectivity index (χ4n) is 3.14. The number of hydrogen-bond acceptors (Lipinski definition) is 4. The fourth-order valence-corrected chi connectivity index (χ4v) is 4.28. The van der Waals surface area contributed by atoms with Crippen molar-refractivity contribution in [1.29, 1.82) is 0 Å². The van der Waals surface area contributed by atoms with Crippen LogP contribution < -0.4 is 5.32 Å². The fraction of sp³-hybridized carbons (Fsp3) is 0.714. The third kappa shape index (κ3) is 2.48. The Morgan fingerprint density at radius 3 is 3.17 bits per heavy atom. The molecule has 2 aliphatic carbocycles. The second kappa shape index (κ2) is 5.47. The van der Waals surface area contributed by atoms with E-state index in [0.717, 1.165) is 23.9 Å². The minimum atomic E-state index is 0.619. The zero-order valence-electron chi connectivity index (χ0n) is 11.0. The summed E-state index contributed by atoms with van der Waals surface area (Å²) in [6.07, 6.45) is 9.17. The second-order valence-corrected chi connectivity index (χ2v) is 6.81. The quantitative estimate of drug-likeness (QED) is 0.906. The van der Waals surface area contributed by atoms with Gasteiger partial charge in [-0.15, -0.1) is 0 Å². The van der Waals surface area contributed by atoms with Gasteiger partial charge in [-0.05, 0) is 44.3 Å². The lowest BCUT2D eigenvalue weighted by Crippen LogP contribution is -2.18. The summed E-state index contributed by atoms with van der Waals surface area (Å²) in [5.41, 5.74) is 2.65. The van der Waals surface area contributed by atoms with Crippen LogP contribution in [0.15, 0.2) is 6.33 Å². The molecule has 0 aromatic carbocycles. The van der Waals surface area contributed by atoms with Crippen molar-refractivity contribution in [3.05, 3.63) is 17.6 Å². The largest absolute Gasteiger partial charge is 0.367 e. The number of aromatic nitrogens is 2. The predicted molar refractivity (Wildman–Crippen MR) is 77.2 cm³/mol. The molecule has 0 spiro atoms. The molecule has 98 valence electrons. The molecule has 1 heterocycles. The third-order valence-electron chi connectivity index (χ3n) is 4.00. The van der Waals surface area contributed by atoms with Crippen LogP contribution in [-0.4, -0.2) is 27.0 Å². The summed E-state index contributed by atoms with van der Waals surface area (Å²) in [7, 11) is 0. The first-order valence-electron chi connectivity index (χ1n) is 7.07. The molecular formula is C14H21N3S. The smallest absolute Gasteiger partial charge is 0.133 e. The van der Waals surface area contributed by atoms with E-state index in [2.05, 4.69) is 34.0 Å². The Balaban J connectivity index is 1.65. The topological polar surface area (TPSA) is 37.8 Å². The molecule has 0 radical (unpaired) electrons. The van der Waals surface area contributed by atoms with Crippen molar-refractivity contribution in [2.45, 2.75) is 56.7 Å². The molecule has 2 aliphatic rings. The highest BCUT2D eigenvalue weighted by Crippen LogP contribution is 2.33. The molecule has 0 amide bonds. The van der Waals surface area contributed by atoms with Crippen molar-refractivity contribution < 1.29 is 0 Å². The van der Waals surface area contributed by atoms with Crippen molar-refractivity contribution in [3.63, 3.8) is 0 Å². The SMILES string of the molecule is CCSC1CCC(Nc2ncnc3c2CCC3)C1. The Bertz CT molecular complexity index is 422. The van der Waals surface area contributed by atoms with E-state index in [1.165, 1.54) is 42.7 Å². The van der Waals surface area contributed by atoms with Crippen molar-refractivity contribution in [3.8, 4) is 0 Å². The number of hydrogen-bond donors (Lipinski definition) is 1. The van der Waals surface area contributed by atoms with Crippen LogP contribution in [0, 0.1) is 0 Å². The molecule has 18 heavy (non-hydrogen) atoms. The Morgan fingerprint density at radius 1 is 1.33 bits per heavy atom. The molecule has 1 fully saturated rings. The lowest BCUT2D eigenvalue weighted by atomic mass is 10.2. The van der Waals surface area contributed by atoms with E-state index in [9.17, 15) is 0 Å². The van der Waals surface area contributed by atoms with E-state index >= 15 is 0 Å². The van der Waals surface area contributed by atoms with Crippen LogP contribution in [-0.2, 0) is 12.8 Å². The highest BCUT2D eigenvalue weighted by Gasteiger charge is 2.26. The number of rotatable bonds is 4. The van der Waals surface area contributed by atoms with Crippen molar-refractivity contribution >= 4 is 17.6 Å². The molecule has 0 bridgehead atoms. The van der Waals surface area contributed by atoms with E-state index in [1.54, 1.807) is 6.33 Å². The molecule has 1 aromatic heterocycles. The van der Waals surface area contributed by atoms with Crippen LogP contribution in [0.5, 0.6) is 0 Å². The standard InChI is InChI=1S/C14H21N3S/c1-2-18-11-7-6-10(8-11)17-14-12-4-3-5-13(12)15-9-16-14/h9-11H,2-8H2,1H3,(H,15,16,17). The van der Waals surface area contributed by atoms with Gasteiger partial charge in [0, 0.05) is 22.5 Å². The van der Waals surface area contributed by atoms with Gasteiger partial charge < -0.3 is 5.32 Å². The number of nitrogens with zero attached hydrogens (tertiary/aromatic N) is 2. The normalized spacial score (nSPS) is 26.3. The van der Waals surface area contributed by atoms with Crippen LogP contribution in [0.3, 0.4) is 0 Å². The van der Waals surface area contributed by atoms with E-state index < -0.39 is 0 Å². The molecule has 2 atom stereocenters. The Morgan fingerprint density at radius 2 is 2.28 bits per heavy atom. The highest BCUT2D eigenvalue weighted by molar-refractivity contribution is 7.99. The summed E-state index contributed by atoms with van der Waals surface area (Å²) in [5, 5.41) is 4.51. The maximum Gasteiger partial charge on any atom is 0.133 e. The van der Waals surface area contributed by atoms with Crippen molar-refractivity contribution in [1.82, 2.24) is 9.97 Å². The first kappa shape index (κ1) is 12.3. The van der Waals surface area contributed by atoms with Gasteiger partial charge in [0.25, 0.3) is 0 Å². The molecule has 1 aromatic rings. The highest BCUT2D eigenvalue weighted by atomic mass is 32.2. The van der Waals surface area contributed by atoms with E-state index in [-0.39, 0.29) is 0 Å². The molecule has 3 rings (SSSR count). The molecular weight excluding hydrogens is 242 g/mol. The lowest BCUT2D eigenvalue weighted by molar-refractivity contribution is 0.748. The Kier molecular flexibility index (Phi) is 3.73.